The van der Waals surface area contributed by atoms with Crippen molar-refractivity contribution in [3.8, 4) is 0 Å². The van der Waals surface area contributed by atoms with Gasteiger partial charge in [0, 0.05) is 56.5 Å². The molecule has 1 heterocycles. The fourth-order valence-corrected chi connectivity index (χ4v) is 6.15. The Balaban J connectivity index is 0.00000456. The summed E-state index contributed by atoms with van der Waals surface area (Å²) in [5, 5.41) is 0. The summed E-state index contributed by atoms with van der Waals surface area (Å²) in [5.41, 5.74) is -2.80. The van der Waals surface area contributed by atoms with Crippen molar-refractivity contribution in [2.24, 2.45) is 0 Å². The molecule has 0 unspecified atom stereocenters. The van der Waals surface area contributed by atoms with Crippen molar-refractivity contribution >= 4 is 28.2 Å². The van der Waals surface area contributed by atoms with Crippen LogP contribution in [0.5, 0.6) is 0 Å². The van der Waals surface area contributed by atoms with Crippen LogP contribution < -0.4 is 0 Å². The average molecular weight is 565 g/mol. The first-order chi connectivity index (χ1) is 16.2. The molecule has 36 heavy (non-hydrogen) atoms. The van der Waals surface area contributed by atoms with Gasteiger partial charge in [0.25, 0.3) is 0 Å². The number of nitrogens with zero attached hydrogens (tertiary/aromatic N) is 2. The monoisotopic (exact) mass is 564 g/mol. The van der Waals surface area contributed by atoms with Gasteiger partial charge in [0.05, 0.1) is 11.3 Å². The second-order valence-electron chi connectivity index (χ2n) is 9.30. The molecular formula is C23H31ClF6N2O3S. The van der Waals surface area contributed by atoms with Gasteiger partial charge in [-0.25, -0.2) is 21.6 Å². The van der Waals surface area contributed by atoms with Gasteiger partial charge in [-0.2, -0.15) is 17.5 Å². The molecule has 0 radical (unpaired) electrons. The molecule has 2 fully saturated rings. The van der Waals surface area contributed by atoms with Gasteiger partial charge in [0.1, 0.15) is 6.67 Å². The van der Waals surface area contributed by atoms with Gasteiger partial charge < -0.3 is 0 Å². The molecule has 0 N–H and O–H groups in total. The second kappa shape index (κ2) is 11.6. The molecule has 1 aliphatic carbocycles. The van der Waals surface area contributed by atoms with Gasteiger partial charge in [-0.1, -0.05) is 12.1 Å². The lowest BCUT2D eigenvalue weighted by Gasteiger charge is -2.51. The Kier molecular flexibility index (Phi) is 9.92. The first-order valence-corrected chi connectivity index (χ1v) is 13.2. The molecule has 206 valence electrons. The molecule has 2 aliphatic rings. The predicted octanol–water partition coefficient (Wildman–Crippen LogP) is 5.48. The van der Waals surface area contributed by atoms with E-state index in [1.807, 2.05) is 4.90 Å². The van der Waals surface area contributed by atoms with E-state index in [-0.39, 0.29) is 75.6 Å². The Labute approximate surface area is 213 Å². The van der Waals surface area contributed by atoms with E-state index in [9.17, 15) is 39.6 Å². The van der Waals surface area contributed by atoms with E-state index in [2.05, 4.69) is 0 Å². The minimum Gasteiger partial charge on any atom is -0.295 e. The molecule has 1 aromatic rings. The van der Waals surface area contributed by atoms with Crippen LogP contribution in [-0.4, -0.2) is 66.8 Å². The lowest BCUT2D eigenvalue weighted by atomic mass is 9.74. The molecule has 0 atom stereocenters. The van der Waals surface area contributed by atoms with Crippen LogP contribution in [0.25, 0.3) is 0 Å². The third-order valence-corrected chi connectivity index (χ3v) is 9.12. The summed E-state index contributed by atoms with van der Waals surface area (Å²) in [6.45, 7) is 1.38. The number of alkyl halides is 6. The quantitative estimate of drug-likeness (QED) is 0.310. The minimum absolute atomic E-state index is 0. The van der Waals surface area contributed by atoms with Crippen molar-refractivity contribution in [3.05, 3.63) is 34.9 Å². The number of halogens is 7. The Morgan fingerprint density at radius 1 is 1.03 bits per heavy atom. The van der Waals surface area contributed by atoms with Crippen LogP contribution >= 0.6 is 12.4 Å². The number of ketones is 1. The maximum atomic E-state index is 14.0. The number of piperazine rings is 1. The summed E-state index contributed by atoms with van der Waals surface area (Å²) in [6.07, 6.45) is -5.77. The summed E-state index contributed by atoms with van der Waals surface area (Å²) in [4.78, 5) is 14.8. The molecule has 3 rings (SSSR count). The number of hydrogen-bond acceptors (Lipinski definition) is 4. The standard InChI is InChI=1S/C23H30F6N2O3S.ClH/c1-2-35(33,34)31-13-11-30(12-14-31)21(7-9-22(25,26)10-8-21)6-5-20(32)18-4-3-17(16-24)15-19(18)23(27,28)29;/h3-4,15H,2,5-14,16H2,1H3;1H. The fraction of sp³-hybridized carbons (Fsp3) is 0.696. The van der Waals surface area contributed by atoms with E-state index in [4.69, 9.17) is 0 Å². The van der Waals surface area contributed by atoms with Crippen molar-refractivity contribution in [2.45, 2.75) is 69.8 Å². The Morgan fingerprint density at radius 2 is 1.61 bits per heavy atom. The number of sulfonamides is 1. The molecule has 1 saturated carbocycles. The third kappa shape index (κ3) is 6.93. The van der Waals surface area contributed by atoms with E-state index in [0.29, 0.717) is 6.07 Å². The highest BCUT2D eigenvalue weighted by molar-refractivity contribution is 7.89. The van der Waals surface area contributed by atoms with Crippen LogP contribution in [0.1, 0.15) is 66.9 Å². The van der Waals surface area contributed by atoms with E-state index in [0.717, 1.165) is 12.1 Å². The zero-order valence-electron chi connectivity index (χ0n) is 19.9. The lowest BCUT2D eigenvalue weighted by Crippen LogP contribution is -2.60. The Hall–Kier alpha value is -1.37. The zero-order chi connectivity index (χ0) is 26.1. The number of Topliss-reactive ketones (excluding diaryl/α,β-unsaturated/α-hetero) is 1. The number of benzene rings is 1. The first-order valence-electron chi connectivity index (χ1n) is 11.6. The predicted molar refractivity (Wildman–Crippen MR) is 126 cm³/mol. The summed E-state index contributed by atoms with van der Waals surface area (Å²) in [6, 6.07) is 2.72. The Bertz CT molecular complexity index is 1020. The van der Waals surface area contributed by atoms with Gasteiger partial charge in [-0.05, 0) is 37.8 Å². The van der Waals surface area contributed by atoms with Crippen molar-refractivity contribution in [1.82, 2.24) is 9.21 Å². The van der Waals surface area contributed by atoms with E-state index in [1.165, 1.54) is 11.2 Å². The highest BCUT2D eigenvalue weighted by Gasteiger charge is 2.47. The molecule has 13 heteroatoms. The smallest absolute Gasteiger partial charge is 0.295 e. The number of carbonyl (C=O) groups excluding carboxylic acids is 1. The van der Waals surface area contributed by atoms with Gasteiger partial charge >= 0.3 is 6.18 Å². The summed E-state index contributed by atoms with van der Waals surface area (Å²) >= 11 is 0. The van der Waals surface area contributed by atoms with Crippen LogP contribution in [0.15, 0.2) is 18.2 Å². The van der Waals surface area contributed by atoms with Crippen LogP contribution in [0.3, 0.4) is 0 Å². The molecule has 1 aromatic carbocycles. The zero-order valence-corrected chi connectivity index (χ0v) is 21.6. The van der Waals surface area contributed by atoms with Gasteiger partial charge in [-0.3, -0.25) is 9.69 Å². The van der Waals surface area contributed by atoms with Crippen molar-refractivity contribution in [2.75, 3.05) is 31.9 Å². The van der Waals surface area contributed by atoms with E-state index in [1.54, 1.807) is 0 Å². The molecule has 0 aromatic heterocycles. The summed E-state index contributed by atoms with van der Waals surface area (Å²) < 4.78 is 107. The average Bonchev–Trinajstić information content (AvgIpc) is 2.82. The molecule has 0 amide bonds. The van der Waals surface area contributed by atoms with Crippen molar-refractivity contribution in [3.63, 3.8) is 0 Å². The fourth-order valence-electron chi connectivity index (χ4n) is 5.06. The van der Waals surface area contributed by atoms with Crippen LogP contribution in [0.4, 0.5) is 26.3 Å². The number of hydrogen-bond donors (Lipinski definition) is 0. The van der Waals surface area contributed by atoms with Crippen LogP contribution in [-0.2, 0) is 22.9 Å². The molecule has 1 saturated heterocycles. The molecule has 0 spiro atoms. The highest BCUT2D eigenvalue weighted by atomic mass is 35.5. The third-order valence-electron chi connectivity index (χ3n) is 7.24. The normalized spacial score (nSPS) is 21.1. The van der Waals surface area contributed by atoms with Gasteiger partial charge in [0.15, 0.2) is 5.78 Å². The molecule has 1 aliphatic heterocycles. The van der Waals surface area contributed by atoms with Crippen LogP contribution in [0.2, 0.25) is 0 Å². The maximum absolute atomic E-state index is 14.0. The van der Waals surface area contributed by atoms with Crippen molar-refractivity contribution in [1.29, 1.82) is 0 Å². The van der Waals surface area contributed by atoms with Gasteiger partial charge in [-0.15, -0.1) is 12.4 Å². The maximum Gasteiger partial charge on any atom is 0.417 e. The van der Waals surface area contributed by atoms with E-state index < -0.39 is 64.1 Å². The molecule has 0 bridgehead atoms. The minimum atomic E-state index is -4.85. The second-order valence-corrected chi connectivity index (χ2v) is 11.6. The number of rotatable bonds is 8. The first kappa shape index (κ1) is 30.9. The van der Waals surface area contributed by atoms with Crippen molar-refractivity contribution < 1.29 is 39.6 Å². The molecular weight excluding hydrogens is 534 g/mol. The number of carbonyl (C=O) groups is 1. The summed E-state index contributed by atoms with van der Waals surface area (Å²) in [7, 11) is -3.40. The summed E-state index contributed by atoms with van der Waals surface area (Å²) in [5.74, 6) is -3.69. The lowest BCUT2D eigenvalue weighted by molar-refractivity contribution is -0.138. The SMILES string of the molecule is CCS(=O)(=O)N1CCN(C2(CCC(=O)c3ccc(CF)cc3C(F)(F)F)CCC(F)(F)CC2)CC1.Cl. The largest absolute Gasteiger partial charge is 0.417 e. The van der Waals surface area contributed by atoms with E-state index >= 15 is 0 Å². The highest BCUT2D eigenvalue weighted by Crippen LogP contribution is 2.45. The van der Waals surface area contributed by atoms with Gasteiger partial charge in [0.2, 0.25) is 15.9 Å². The van der Waals surface area contributed by atoms with Crippen LogP contribution in [0, 0.1) is 0 Å². The topological polar surface area (TPSA) is 57.7 Å². The molecule has 5 nitrogen and oxygen atoms in total. The Morgan fingerprint density at radius 3 is 2.11 bits per heavy atom.